The fourth-order valence-electron chi connectivity index (χ4n) is 4.43. The van der Waals surface area contributed by atoms with E-state index in [0.29, 0.717) is 0 Å². The van der Waals surface area contributed by atoms with Crippen molar-refractivity contribution in [3.05, 3.63) is 0 Å². The molecule has 2 saturated heterocycles. The summed E-state index contributed by atoms with van der Waals surface area (Å²) in [7, 11) is 2.28. The Bertz CT molecular complexity index is 273. The highest BCUT2D eigenvalue weighted by Crippen LogP contribution is 2.47. The molecule has 0 bridgehead atoms. The molecule has 0 radical (unpaired) electrons. The van der Waals surface area contributed by atoms with Crippen LogP contribution in [0.2, 0.25) is 0 Å². The summed E-state index contributed by atoms with van der Waals surface area (Å²) in [5.41, 5.74) is 0.736. The van der Waals surface area contributed by atoms with E-state index >= 15 is 0 Å². The monoisotopic (exact) mass is 310 g/mol. The molecular weight excluding hydrogens is 268 g/mol. The number of nitrogens with zero attached hydrogens (tertiary/aromatic N) is 2. The van der Waals surface area contributed by atoms with Gasteiger partial charge in [0.1, 0.15) is 0 Å². The molecule has 3 fully saturated rings. The second kappa shape index (κ2) is 9.93. The van der Waals surface area contributed by atoms with Gasteiger partial charge >= 0.3 is 0 Å². The molecule has 2 heteroatoms. The van der Waals surface area contributed by atoms with Gasteiger partial charge in [0.05, 0.1) is 0 Å². The van der Waals surface area contributed by atoms with E-state index in [4.69, 9.17) is 0 Å². The molecule has 2 aliphatic heterocycles. The average Bonchev–Trinajstić information content (AvgIpc) is 2.99. The molecule has 1 atom stereocenters. The van der Waals surface area contributed by atoms with Crippen LogP contribution < -0.4 is 0 Å². The van der Waals surface area contributed by atoms with Crippen LogP contribution in [0.1, 0.15) is 79.6 Å². The highest BCUT2D eigenvalue weighted by molar-refractivity contribution is 4.96. The van der Waals surface area contributed by atoms with E-state index in [1.807, 2.05) is 27.7 Å². The first-order valence-electron chi connectivity index (χ1n) is 10.1. The van der Waals surface area contributed by atoms with Crippen LogP contribution in [-0.4, -0.2) is 49.1 Å². The van der Waals surface area contributed by atoms with Crippen molar-refractivity contribution in [2.45, 2.75) is 85.6 Å². The van der Waals surface area contributed by atoms with E-state index in [1.54, 1.807) is 0 Å². The lowest BCUT2D eigenvalue weighted by Crippen LogP contribution is -2.42. The zero-order valence-electron chi connectivity index (χ0n) is 16.3. The summed E-state index contributed by atoms with van der Waals surface area (Å²) >= 11 is 0. The fourth-order valence-corrected chi connectivity index (χ4v) is 4.43. The lowest BCUT2D eigenvalue weighted by molar-refractivity contribution is 0.0975. The average molecular weight is 311 g/mol. The normalized spacial score (nSPS) is 29.5. The van der Waals surface area contributed by atoms with Crippen molar-refractivity contribution in [1.82, 2.24) is 9.80 Å². The third kappa shape index (κ3) is 5.23. The molecule has 22 heavy (non-hydrogen) atoms. The molecule has 3 aliphatic rings. The maximum Gasteiger partial charge on any atom is 0.0101 e. The zero-order valence-corrected chi connectivity index (χ0v) is 16.3. The van der Waals surface area contributed by atoms with Gasteiger partial charge in [-0.3, -0.25) is 0 Å². The van der Waals surface area contributed by atoms with E-state index < -0.39 is 0 Å². The summed E-state index contributed by atoms with van der Waals surface area (Å²) in [6.45, 7) is 15.8. The van der Waals surface area contributed by atoms with Crippen LogP contribution in [0.4, 0.5) is 0 Å². The molecule has 1 spiro atoms. The van der Waals surface area contributed by atoms with Crippen LogP contribution in [-0.2, 0) is 0 Å². The first-order chi connectivity index (χ1) is 10.7. The van der Waals surface area contributed by atoms with E-state index in [1.165, 1.54) is 71.1 Å². The van der Waals surface area contributed by atoms with E-state index in [0.717, 1.165) is 17.4 Å². The summed E-state index contributed by atoms with van der Waals surface area (Å²) in [5.74, 6) is 0.972. The van der Waals surface area contributed by atoms with Crippen LogP contribution in [0.5, 0.6) is 0 Å². The molecule has 132 valence electrons. The predicted molar refractivity (Wildman–Crippen MR) is 99.5 cm³/mol. The second-order valence-corrected chi connectivity index (χ2v) is 7.42. The lowest BCUT2D eigenvalue weighted by Gasteiger charge is -2.40. The molecule has 2 nitrogen and oxygen atoms in total. The van der Waals surface area contributed by atoms with Gasteiger partial charge in [0.2, 0.25) is 0 Å². The molecule has 3 rings (SSSR count). The molecular formula is C20H42N2. The molecule has 1 unspecified atom stereocenters. The number of hydrogen-bond donors (Lipinski definition) is 0. The van der Waals surface area contributed by atoms with Gasteiger partial charge in [-0.25, -0.2) is 0 Å². The van der Waals surface area contributed by atoms with Crippen LogP contribution in [0.15, 0.2) is 0 Å². The maximum absolute atomic E-state index is 2.83. The highest BCUT2D eigenvalue weighted by Gasteiger charge is 2.42. The molecule has 0 aromatic heterocycles. The second-order valence-electron chi connectivity index (χ2n) is 7.42. The summed E-state index contributed by atoms with van der Waals surface area (Å²) in [6, 6.07) is 0.931. The van der Waals surface area contributed by atoms with Gasteiger partial charge in [-0.15, -0.1) is 0 Å². The minimum atomic E-state index is 0.736. The van der Waals surface area contributed by atoms with Gasteiger partial charge in [-0.1, -0.05) is 34.6 Å². The Morgan fingerprint density at radius 3 is 1.86 bits per heavy atom. The number of piperidine rings is 2. The number of rotatable bonds is 1. The van der Waals surface area contributed by atoms with Crippen LogP contribution in [0, 0.1) is 11.3 Å². The fraction of sp³-hybridized carbons (Fsp3) is 1.00. The van der Waals surface area contributed by atoms with Crippen molar-refractivity contribution in [3.63, 3.8) is 0 Å². The summed E-state index contributed by atoms with van der Waals surface area (Å²) in [5, 5.41) is 0. The van der Waals surface area contributed by atoms with Crippen LogP contribution in [0.25, 0.3) is 0 Å². The van der Waals surface area contributed by atoms with E-state index in [2.05, 4.69) is 23.8 Å². The van der Waals surface area contributed by atoms with Crippen molar-refractivity contribution in [2.24, 2.45) is 11.3 Å². The Kier molecular flexibility index (Phi) is 9.01. The molecule has 0 N–H and O–H groups in total. The Morgan fingerprint density at radius 2 is 1.32 bits per heavy atom. The smallest absolute Gasteiger partial charge is 0.0101 e. The first kappa shape index (κ1) is 20.0. The van der Waals surface area contributed by atoms with E-state index in [9.17, 15) is 0 Å². The number of hydrogen-bond acceptors (Lipinski definition) is 2. The van der Waals surface area contributed by atoms with Crippen LogP contribution in [0.3, 0.4) is 0 Å². The van der Waals surface area contributed by atoms with Crippen molar-refractivity contribution < 1.29 is 0 Å². The predicted octanol–water partition coefficient (Wildman–Crippen LogP) is 5.04. The van der Waals surface area contributed by atoms with Crippen molar-refractivity contribution in [2.75, 3.05) is 33.2 Å². The zero-order chi connectivity index (χ0) is 16.6. The summed E-state index contributed by atoms with van der Waals surface area (Å²) < 4.78 is 0. The molecule has 0 aromatic carbocycles. The van der Waals surface area contributed by atoms with E-state index in [-0.39, 0.29) is 0 Å². The third-order valence-corrected chi connectivity index (χ3v) is 6.06. The Morgan fingerprint density at radius 1 is 0.773 bits per heavy atom. The Balaban J connectivity index is 0.000000561. The molecule has 1 saturated carbocycles. The Labute approximate surface area is 140 Å². The molecule has 2 heterocycles. The third-order valence-electron chi connectivity index (χ3n) is 6.06. The molecule has 1 aliphatic carbocycles. The van der Waals surface area contributed by atoms with Crippen molar-refractivity contribution >= 4 is 0 Å². The first-order valence-corrected chi connectivity index (χ1v) is 10.1. The SMILES string of the molecule is CC.CC.CC1CCN(C2CCC3(CCN(C)CC3)C2)CC1. The largest absolute Gasteiger partial charge is 0.306 e. The van der Waals surface area contributed by atoms with Gasteiger partial charge in [0, 0.05) is 6.04 Å². The van der Waals surface area contributed by atoms with Crippen molar-refractivity contribution in [1.29, 1.82) is 0 Å². The highest BCUT2D eigenvalue weighted by atomic mass is 15.2. The van der Waals surface area contributed by atoms with Gasteiger partial charge in [-0.05, 0) is 89.5 Å². The summed E-state index contributed by atoms with van der Waals surface area (Å²) in [4.78, 5) is 5.34. The molecule has 0 amide bonds. The van der Waals surface area contributed by atoms with Gasteiger partial charge < -0.3 is 9.80 Å². The van der Waals surface area contributed by atoms with Gasteiger partial charge in [-0.2, -0.15) is 0 Å². The minimum absolute atomic E-state index is 0.736. The van der Waals surface area contributed by atoms with Gasteiger partial charge in [0.25, 0.3) is 0 Å². The lowest BCUT2D eigenvalue weighted by atomic mass is 9.77. The maximum atomic E-state index is 2.83. The topological polar surface area (TPSA) is 6.48 Å². The standard InChI is InChI=1S/C16H30N2.2C2H6/c1-14-4-9-18(10-5-14)15-3-6-16(13-15)7-11-17(2)12-8-16;2*1-2/h14-15H,3-13H2,1-2H3;2*1-2H3. The Hall–Kier alpha value is -0.0800. The van der Waals surface area contributed by atoms with Crippen molar-refractivity contribution in [3.8, 4) is 0 Å². The number of likely N-dealkylation sites (tertiary alicyclic amines) is 2. The van der Waals surface area contributed by atoms with Gasteiger partial charge in [0.15, 0.2) is 0 Å². The van der Waals surface area contributed by atoms with Crippen LogP contribution >= 0.6 is 0 Å². The minimum Gasteiger partial charge on any atom is -0.306 e. The quantitative estimate of drug-likeness (QED) is 0.670. The molecule has 0 aromatic rings. The summed E-state index contributed by atoms with van der Waals surface area (Å²) in [6.07, 6.45) is 10.3.